The van der Waals surface area contributed by atoms with Crippen molar-refractivity contribution < 1.29 is 14.3 Å². The number of hydrogen-bond donors (Lipinski definition) is 2. The molecule has 1 fully saturated rings. The van der Waals surface area contributed by atoms with Crippen LogP contribution in [0, 0.1) is 0 Å². The van der Waals surface area contributed by atoms with Crippen molar-refractivity contribution in [2.24, 2.45) is 0 Å². The molecule has 1 heterocycles. The van der Waals surface area contributed by atoms with Crippen LogP contribution in [0.1, 0.15) is 19.3 Å². The Morgan fingerprint density at radius 2 is 2.19 bits per heavy atom. The maximum absolute atomic E-state index is 11.6. The Kier molecular flexibility index (Phi) is 8.12. The molecule has 2 N–H and O–H groups in total. The first-order chi connectivity index (χ1) is 9.79. The number of carbonyl (C=O) groups excluding carboxylic acids is 1. The molecule has 21 heavy (non-hydrogen) atoms. The fourth-order valence-electron chi connectivity index (χ4n) is 2.17. The average Bonchev–Trinajstić information content (AvgIpc) is 2.48. The van der Waals surface area contributed by atoms with E-state index in [1.807, 2.05) is 24.3 Å². The van der Waals surface area contributed by atoms with E-state index in [4.69, 9.17) is 9.47 Å². The summed E-state index contributed by atoms with van der Waals surface area (Å²) in [6.07, 6.45) is 3.51. The highest BCUT2D eigenvalue weighted by Gasteiger charge is 2.15. The van der Waals surface area contributed by atoms with Gasteiger partial charge in [-0.2, -0.15) is 0 Å². The van der Waals surface area contributed by atoms with Gasteiger partial charge in [0.25, 0.3) is 0 Å². The number of nitrogens with one attached hydrogen (secondary N) is 2. The Labute approximate surface area is 131 Å². The van der Waals surface area contributed by atoms with E-state index in [0.717, 1.165) is 19.4 Å². The molecule has 1 aromatic carbocycles. The largest absolute Gasteiger partial charge is 0.489 e. The molecular weight excluding hydrogens is 292 g/mol. The van der Waals surface area contributed by atoms with E-state index in [1.165, 1.54) is 6.42 Å². The molecule has 1 aliphatic heterocycles. The Balaban J connectivity index is 0.00000220. The van der Waals surface area contributed by atoms with Gasteiger partial charge in [0.1, 0.15) is 12.4 Å². The van der Waals surface area contributed by atoms with Gasteiger partial charge in [-0.3, -0.25) is 4.79 Å². The number of likely N-dealkylation sites (N-methyl/N-ethyl adjacent to an activating group) is 1. The molecule has 2 rings (SSSR count). The van der Waals surface area contributed by atoms with Crippen LogP contribution in [-0.2, 0) is 9.53 Å². The molecule has 0 radical (unpaired) electrons. The molecule has 1 amide bonds. The third kappa shape index (κ3) is 5.91. The molecule has 5 nitrogen and oxygen atoms in total. The molecule has 6 heteroatoms. The summed E-state index contributed by atoms with van der Waals surface area (Å²) >= 11 is 0. The van der Waals surface area contributed by atoms with Crippen molar-refractivity contribution in [1.29, 1.82) is 0 Å². The van der Waals surface area contributed by atoms with Crippen LogP contribution in [0.4, 0.5) is 5.69 Å². The molecule has 0 aromatic heterocycles. The van der Waals surface area contributed by atoms with Crippen LogP contribution in [-0.4, -0.2) is 38.8 Å². The van der Waals surface area contributed by atoms with Gasteiger partial charge in [0, 0.05) is 6.61 Å². The van der Waals surface area contributed by atoms with Crippen molar-refractivity contribution in [2.75, 3.05) is 32.1 Å². The van der Waals surface area contributed by atoms with Crippen molar-refractivity contribution in [3.63, 3.8) is 0 Å². The van der Waals surface area contributed by atoms with Gasteiger partial charge in [-0.15, -0.1) is 12.4 Å². The molecule has 0 aliphatic carbocycles. The van der Waals surface area contributed by atoms with Crippen LogP contribution in [0.15, 0.2) is 24.3 Å². The summed E-state index contributed by atoms with van der Waals surface area (Å²) in [6.45, 7) is 1.62. The number of halogens is 1. The van der Waals surface area contributed by atoms with E-state index in [1.54, 1.807) is 7.05 Å². The molecule has 0 saturated carbocycles. The van der Waals surface area contributed by atoms with E-state index >= 15 is 0 Å². The molecule has 118 valence electrons. The second-order valence-electron chi connectivity index (χ2n) is 4.87. The summed E-state index contributed by atoms with van der Waals surface area (Å²) in [5.74, 6) is 0.601. The maximum atomic E-state index is 11.6. The standard InChI is InChI=1S/C15H22N2O3.ClH/c1-16-10-15(18)17-13-7-2-3-8-14(13)20-11-12-6-4-5-9-19-12;/h2-3,7-8,12,16H,4-6,9-11H2,1H3,(H,17,18);1H. The minimum absolute atomic E-state index is 0. The topological polar surface area (TPSA) is 59.6 Å². The van der Waals surface area contributed by atoms with Crippen LogP contribution >= 0.6 is 12.4 Å². The number of benzene rings is 1. The SMILES string of the molecule is CNCC(=O)Nc1ccccc1OCC1CCCCO1.Cl. The van der Waals surface area contributed by atoms with Crippen LogP contribution in [0.2, 0.25) is 0 Å². The normalized spacial score (nSPS) is 17.7. The van der Waals surface area contributed by atoms with Gasteiger partial charge in [0.05, 0.1) is 18.3 Å². The number of hydrogen-bond acceptors (Lipinski definition) is 4. The number of anilines is 1. The average molecular weight is 315 g/mol. The second-order valence-corrected chi connectivity index (χ2v) is 4.87. The van der Waals surface area contributed by atoms with Gasteiger partial charge in [0.2, 0.25) is 5.91 Å². The van der Waals surface area contributed by atoms with E-state index in [9.17, 15) is 4.79 Å². The zero-order valence-corrected chi connectivity index (χ0v) is 13.1. The van der Waals surface area contributed by atoms with Crippen molar-refractivity contribution in [3.05, 3.63) is 24.3 Å². The summed E-state index contributed by atoms with van der Waals surface area (Å²) in [5.41, 5.74) is 0.698. The highest BCUT2D eigenvalue weighted by atomic mass is 35.5. The molecule has 0 bridgehead atoms. The van der Waals surface area contributed by atoms with Gasteiger partial charge in [-0.25, -0.2) is 0 Å². The predicted octanol–water partition coefficient (Wildman–Crippen LogP) is 2.21. The van der Waals surface area contributed by atoms with Crippen molar-refractivity contribution >= 4 is 24.0 Å². The smallest absolute Gasteiger partial charge is 0.238 e. The highest BCUT2D eigenvalue weighted by molar-refractivity contribution is 5.93. The minimum Gasteiger partial charge on any atom is -0.489 e. The molecule has 1 atom stereocenters. The van der Waals surface area contributed by atoms with Crippen molar-refractivity contribution in [1.82, 2.24) is 5.32 Å². The lowest BCUT2D eigenvalue weighted by atomic mass is 10.1. The molecule has 1 aliphatic rings. The van der Waals surface area contributed by atoms with Crippen molar-refractivity contribution in [2.45, 2.75) is 25.4 Å². The van der Waals surface area contributed by atoms with Crippen LogP contribution in [0.5, 0.6) is 5.75 Å². The summed E-state index contributed by atoms with van der Waals surface area (Å²) < 4.78 is 11.4. The molecule has 1 saturated heterocycles. The second kappa shape index (κ2) is 9.60. The first-order valence-corrected chi connectivity index (χ1v) is 7.07. The first kappa shape index (κ1) is 17.8. The fourth-order valence-corrected chi connectivity index (χ4v) is 2.17. The van der Waals surface area contributed by atoms with Crippen molar-refractivity contribution in [3.8, 4) is 5.75 Å². The van der Waals surface area contributed by atoms with Gasteiger partial charge < -0.3 is 20.1 Å². The van der Waals surface area contributed by atoms with E-state index in [0.29, 0.717) is 18.0 Å². The minimum atomic E-state index is -0.0857. The number of rotatable bonds is 6. The first-order valence-electron chi connectivity index (χ1n) is 7.07. The van der Waals surface area contributed by atoms with Gasteiger partial charge in [0.15, 0.2) is 0 Å². The summed E-state index contributed by atoms with van der Waals surface area (Å²) in [4.78, 5) is 11.6. The number of carbonyl (C=O) groups is 1. The van der Waals surface area contributed by atoms with Crippen LogP contribution in [0.3, 0.4) is 0 Å². The van der Waals surface area contributed by atoms with Gasteiger partial charge in [-0.05, 0) is 38.4 Å². The summed E-state index contributed by atoms with van der Waals surface area (Å²) in [6, 6.07) is 7.46. The predicted molar refractivity (Wildman–Crippen MR) is 85.3 cm³/mol. The lowest BCUT2D eigenvalue weighted by molar-refractivity contribution is -0.115. The zero-order valence-electron chi connectivity index (χ0n) is 12.3. The van der Waals surface area contributed by atoms with E-state index < -0.39 is 0 Å². The van der Waals surface area contributed by atoms with E-state index in [-0.39, 0.29) is 31.0 Å². The number of ether oxygens (including phenoxy) is 2. The Hall–Kier alpha value is -1.30. The lowest BCUT2D eigenvalue weighted by Gasteiger charge is -2.23. The third-order valence-corrected chi connectivity index (χ3v) is 3.20. The van der Waals surface area contributed by atoms with Crippen LogP contribution < -0.4 is 15.4 Å². The number of amides is 1. The number of para-hydroxylation sites is 2. The third-order valence-electron chi connectivity index (χ3n) is 3.20. The molecule has 0 spiro atoms. The van der Waals surface area contributed by atoms with E-state index in [2.05, 4.69) is 10.6 Å². The summed E-state index contributed by atoms with van der Waals surface area (Å²) in [5, 5.41) is 5.65. The van der Waals surface area contributed by atoms with Crippen LogP contribution in [0.25, 0.3) is 0 Å². The Morgan fingerprint density at radius 3 is 2.90 bits per heavy atom. The summed E-state index contributed by atoms with van der Waals surface area (Å²) in [7, 11) is 1.74. The fraction of sp³-hybridized carbons (Fsp3) is 0.533. The molecule has 1 unspecified atom stereocenters. The highest BCUT2D eigenvalue weighted by Crippen LogP contribution is 2.24. The molecular formula is C15H23ClN2O3. The Bertz CT molecular complexity index is 437. The maximum Gasteiger partial charge on any atom is 0.238 e. The lowest BCUT2D eigenvalue weighted by Crippen LogP contribution is -2.27. The molecule has 1 aromatic rings. The zero-order chi connectivity index (χ0) is 14.2. The van der Waals surface area contributed by atoms with Gasteiger partial charge in [-0.1, -0.05) is 12.1 Å². The Morgan fingerprint density at radius 1 is 1.38 bits per heavy atom. The monoisotopic (exact) mass is 314 g/mol. The quantitative estimate of drug-likeness (QED) is 0.845. The van der Waals surface area contributed by atoms with Gasteiger partial charge >= 0.3 is 0 Å².